The van der Waals surface area contributed by atoms with Gasteiger partial charge >= 0.3 is 0 Å². The maximum Gasteiger partial charge on any atom is 0.164 e. The zero-order valence-corrected chi connectivity index (χ0v) is 10.5. The highest BCUT2D eigenvalue weighted by molar-refractivity contribution is 5.40. The van der Waals surface area contributed by atoms with E-state index >= 15 is 0 Å². The van der Waals surface area contributed by atoms with Crippen LogP contribution >= 0.6 is 0 Å². The van der Waals surface area contributed by atoms with Crippen LogP contribution in [0.2, 0.25) is 0 Å². The highest BCUT2D eigenvalue weighted by Gasteiger charge is 2.14. The minimum absolute atomic E-state index is 0.322. The molecule has 0 amide bonds. The van der Waals surface area contributed by atoms with Gasteiger partial charge in [-0.15, -0.1) is 5.10 Å². The molecule has 0 aliphatic carbocycles. The summed E-state index contributed by atoms with van der Waals surface area (Å²) in [5.41, 5.74) is 7.87. The van der Waals surface area contributed by atoms with Gasteiger partial charge < -0.3 is 5.73 Å². The van der Waals surface area contributed by atoms with Crippen LogP contribution in [0.1, 0.15) is 37.0 Å². The quantitative estimate of drug-likeness (QED) is 0.879. The van der Waals surface area contributed by atoms with Crippen LogP contribution < -0.4 is 5.73 Å². The third kappa shape index (κ3) is 2.22. The number of para-hydroxylation sites is 1. The molecule has 4 heteroatoms. The summed E-state index contributed by atoms with van der Waals surface area (Å²) in [7, 11) is 0. The summed E-state index contributed by atoms with van der Waals surface area (Å²) in [6, 6.07) is 8.16. The van der Waals surface area contributed by atoms with Gasteiger partial charge in [0.2, 0.25) is 0 Å². The highest BCUT2D eigenvalue weighted by atomic mass is 15.4. The monoisotopic (exact) mass is 230 g/mol. The SMILES string of the molecule is Cc1ccccc1-n1nc(CN)nc1C(C)C. The summed E-state index contributed by atoms with van der Waals surface area (Å²) < 4.78 is 1.90. The molecule has 0 saturated heterocycles. The van der Waals surface area contributed by atoms with E-state index in [1.54, 1.807) is 0 Å². The smallest absolute Gasteiger partial charge is 0.164 e. The molecule has 1 heterocycles. The lowest BCUT2D eigenvalue weighted by Crippen LogP contribution is -2.06. The standard InChI is InChI=1S/C13H18N4/c1-9(2)13-15-12(8-14)16-17(13)11-7-5-4-6-10(11)3/h4-7,9H,8,14H2,1-3H3. The average Bonchev–Trinajstić information content (AvgIpc) is 2.73. The molecule has 2 aromatic rings. The van der Waals surface area contributed by atoms with E-state index in [0.29, 0.717) is 18.3 Å². The van der Waals surface area contributed by atoms with E-state index in [9.17, 15) is 0 Å². The van der Waals surface area contributed by atoms with Crippen LogP contribution in [0.5, 0.6) is 0 Å². The molecule has 0 saturated carbocycles. The van der Waals surface area contributed by atoms with Gasteiger partial charge in [-0.05, 0) is 18.6 Å². The lowest BCUT2D eigenvalue weighted by Gasteiger charge is -2.10. The number of nitrogens with zero attached hydrogens (tertiary/aromatic N) is 3. The van der Waals surface area contributed by atoms with E-state index in [2.05, 4.69) is 43.0 Å². The van der Waals surface area contributed by atoms with Gasteiger partial charge in [0.15, 0.2) is 5.82 Å². The third-order valence-corrected chi connectivity index (χ3v) is 2.72. The first-order valence-electron chi connectivity index (χ1n) is 5.85. The number of benzene rings is 1. The Morgan fingerprint density at radius 1 is 1.29 bits per heavy atom. The van der Waals surface area contributed by atoms with Gasteiger partial charge in [0.05, 0.1) is 12.2 Å². The fourth-order valence-corrected chi connectivity index (χ4v) is 1.81. The largest absolute Gasteiger partial charge is 0.324 e. The van der Waals surface area contributed by atoms with E-state index in [-0.39, 0.29) is 0 Å². The number of nitrogens with two attached hydrogens (primary N) is 1. The van der Waals surface area contributed by atoms with Crippen LogP contribution in [0, 0.1) is 6.92 Å². The van der Waals surface area contributed by atoms with Gasteiger partial charge in [-0.25, -0.2) is 9.67 Å². The average molecular weight is 230 g/mol. The predicted octanol–water partition coefficient (Wildman–Crippen LogP) is 2.16. The van der Waals surface area contributed by atoms with Crippen LogP contribution in [0.25, 0.3) is 5.69 Å². The first-order valence-corrected chi connectivity index (χ1v) is 5.85. The highest BCUT2D eigenvalue weighted by Crippen LogP contribution is 2.19. The van der Waals surface area contributed by atoms with Crippen LogP contribution in [0.4, 0.5) is 0 Å². The van der Waals surface area contributed by atoms with Crippen molar-refractivity contribution in [1.82, 2.24) is 14.8 Å². The molecule has 1 aromatic heterocycles. The summed E-state index contributed by atoms with van der Waals surface area (Å²) in [6.07, 6.45) is 0. The molecule has 0 unspecified atom stereocenters. The molecule has 0 aliphatic rings. The normalized spacial score (nSPS) is 11.1. The number of aryl methyl sites for hydroxylation is 1. The van der Waals surface area contributed by atoms with E-state index in [0.717, 1.165) is 11.5 Å². The van der Waals surface area contributed by atoms with Crippen molar-refractivity contribution in [2.24, 2.45) is 5.73 Å². The van der Waals surface area contributed by atoms with E-state index in [4.69, 9.17) is 5.73 Å². The maximum absolute atomic E-state index is 5.61. The topological polar surface area (TPSA) is 56.7 Å². The van der Waals surface area contributed by atoms with Gasteiger partial charge in [0.25, 0.3) is 0 Å². The van der Waals surface area contributed by atoms with Gasteiger partial charge in [-0.3, -0.25) is 0 Å². The van der Waals surface area contributed by atoms with Crippen LogP contribution in [0.15, 0.2) is 24.3 Å². The molecular formula is C13H18N4. The Kier molecular flexibility index (Phi) is 3.24. The van der Waals surface area contributed by atoms with Crippen molar-refractivity contribution in [2.45, 2.75) is 33.2 Å². The Morgan fingerprint density at radius 3 is 2.59 bits per heavy atom. The summed E-state index contributed by atoms with van der Waals surface area (Å²) in [5.74, 6) is 1.97. The van der Waals surface area contributed by atoms with Crippen molar-refractivity contribution < 1.29 is 0 Å². The summed E-state index contributed by atoms with van der Waals surface area (Å²) >= 11 is 0. The molecule has 0 bridgehead atoms. The zero-order valence-electron chi connectivity index (χ0n) is 10.5. The molecule has 0 fully saturated rings. The molecule has 2 rings (SSSR count). The maximum atomic E-state index is 5.61. The van der Waals surface area contributed by atoms with Gasteiger partial charge in [-0.2, -0.15) is 0 Å². The van der Waals surface area contributed by atoms with Crippen molar-refractivity contribution in [3.8, 4) is 5.69 Å². The lowest BCUT2D eigenvalue weighted by molar-refractivity contribution is 0.710. The Balaban J connectivity index is 2.58. The first-order chi connectivity index (χ1) is 8.13. The molecule has 1 aromatic carbocycles. The molecule has 4 nitrogen and oxygen atoms in total. The minimum Gasteiger partial charge on any atom is -0.324 e. The van der Waals surface area contributed by atoms with Crippen LogP contribution in [-0.2, 0) is 6.54 Å². The van der Waals surface area contributed by atoms with Crippen molar-refractivity contribution in [3.05, 3.63) is 41.5 Å². The molecule has 0 aliphatic heterocycles. The van der Waals surface area contributed by atoms with Crippen LogP contribution in [-0.4, -0.2) is 14.8 Å². The molecular weight excluding hydrogens is 212 g/mol. The second-order valence-electron chi connectivity index (χ2n) is 4.44. The van der Waals surface area contributed by atoms with E-state index in [1.165, 1.54) is 5.56 Å². The molecule has 2 N–H and O–H groups in total. The van der Waals surface area contributed by atoms with E-state index in [1.807, 2.05) is 16.8 Å². The number of hydrogen-bond donors (Lipinski definition) is 1. The minimum atomic E-state index is 0.322. The third-order valence-electron chi connectivity index (χ3n) is 2.72. The summed E-state index contributed by atoms with van der Waals surface area (Å²) in [6.45, 7) is 6.67. The number of rotatable bonds is 3. The van der Waals surface area contributed by atoms with Gasteiger partial charge in [0, 0.05) is 5.92 Å². The second kappa shape index (κ2) is 4.67. The number of aromatic nitrogens is 3. The first kappa shape index (κ1) is 11.8. The van der Waals surface area contributed by atoms with Gasteiger partial charge in [0.1, 0.15) is 5.82 Å². The Bertz CT molecular complexity index is 514. The van der Waals surface area contributed by atoms with Crippen molar-refractivity contribution in [2.75, 3.05) is 0 Å². The predicted molar refractivity (Wildman–Crippen MR) is 68.1 cm³/mol. The Hall–Kier alpha value is -1.68. The lowest BCUT2D eigenvalue weighted by atomic mass is 10.1. The van der Waals surface area contributed by atoms with Crippen molar-refractivity contribution in [3.63, 3.8) is 0 Å². The van der Waals surface area contributed by atoms with Gasteiger partial charge in [-0.1, -0.05) is 32.0 Å². The molecule has 0 atom stereocenters. The molecule has 0 spiro atoms. The Labute approximate surface area is 101 Å². The fraction of sp³-hybridized carbons (Fsp3) is 0.385. The zero-order chi connectivity index (χ0) is 12.4. The van der Waals surface area contributed by atoms with Crippen molar-refractivity contribution in [1.29, 1.82) is 0 Å². The second-order valence-corrected chi connectivity index (χ2v) is 4.44. The van der Waals surface area contributed by atoms with Crippen LogP contribution in [0.3, 0.4) is 0 Å². The number of hydrogen-bond acceptors (Lipinski definition) is 3. The van der Waals surface area contributed by atoms with Crippen molar-refractivity contribution >= 4 is 0 Å². The molecule has 0 radical (unpaired) electrons. The molecule has 90 valence electrons. The van der Waals surface area contributed by atoms with E-state index < -0.39 is 0 Å². The molecule has 17 heavy (non-hydrogen) atoms. The fourth-order valence-electron chi connectivity index (χ4n) is 1.81. The Morgan fingerprint density at radius 2 is 2.00 bits per heavy atom. The summed E-state index contributed by atoms with van der Waals surface area (Å²) in [5, 5.41) is 4.46. The summed E-state index contributed by atoms with van der Waals surface area (Å²) in [4.78, 5) is 4.47.